The minimum atomic E-state index is -0.595. The molecular formula is C20H25FN3O5+. The van der Waals surface area contributed by atoms with Gasteiger partial charge in [-0.1, -0.05) is 0 Å². The summed E-state index contributed by atoms with van der Waals surface area (Å²) in [7, 11) is 0. The summed E-state index contributed by atoms with van der Waals surface area (Å²) in [6.45, 7) is 4.86. The number of esters is 1. The normalized spacial score (nSPS) is 19.0. The number of halogens is 1. The molecule has 2 fully saturated rings. The van der Waals surface area contributed by atoms with Crippen LogP contribution in [0.1, 0.15) is 30.3 Å². The molecule has 2 saturated heterocycles. The summed E-state index contributed by atoms with van der Waals surface area (Å²) in [5.41, 5.74) is 0.909. The van der Waals surface area contributed by atoms with Crippen LogP contribution in [0.25, 0.3) is 10.9 Å². The number of fused-ring (bicyclic) bond motifs is 1. The Labute approximate surface area is 167 Å². The summed E-state index contributed by atoms with van der Waals surface area (Å²) in [4.78, 5) is 29.0. The molecular weight excluding hydrogens is 381 g/mol. The molecule has 2 aliphatic heterocycles. The summed E-state index contributed by atoms with van der Waals surface area (Å²) >= 11 is 0. The number of aromatic amines is 1. The van der Waals surface area contributed by atoms with Crippen molar-refractivity contribution in [3.05, 3.63) is 29.7 Å². The third-order valence-corrected chi connectivity index (χ3v) is 5.45. The van der Waals surface area contributed by atoms with Crippen LogP contribution in [0.2, 0.25) is 0 Å². The smallest absolute Gasteiger partial charge is 0.356 e. The second-order valence-corrected chi connectivity index (χ2v) is 7.37. The van der Waals surface area contributed by atoms with Crippen LogP contribution >= 0.6 is 0 Å². The standard InChI is InChI=1S/C20H24FN3O5/c1-2-27-19(26)18-17(14-11-13(21)3-4-15(14)22-18)23-16(25)12-24-7-5-20(6-8-24)28-9-10-29-20/h3-4,11,22H,2,5-10,12H2,1H3,(H,23,25)/p+1. The van der Waals surface area contributed by atoms with E-state index < -0.39 is 17.6 Å². The molecule has 0 bridgehead atoms. The number of ether oxygens (including phenoxy) is 3. The zero-order chi connectivity index (χ0) is 20.4. The van der Waals surface area contributed by atoms with Gasteiger partial charge in [-0.3, -0.25) is 4.79 Å². The van der Waals surface area contributed by atoms with Gasteiger partial charge in [-0.15, -0.1) is 0 Å². The van der Waals surface area contributed by atoms with Crippen LogP contribution in [0.3, 0.4) is 0 Å². The quantitative estimate of drug-likeness (QED) is 0.640. The average molecular weight is 406 g/mol. The van der Waals surface area contributed by atoms with Crippen molar-refractivity contribution in [1.82, 2.24) is 4.98 Å². The summed E-state index contributed by atoms with van der Waals surface area (Å²) in [5, 5.41) is 3.22. The molecule has 1 amide bonds. The van der Waals surface area contributed by atoms with Crippen molar-refractivity contribution in [3.8, 4) is 0 Å². The van der Waals surface area contributed by atoms with Gasteiger partial charge < -0.3 is 29.4 Å². The average Bonchev–Trinajstić information content (AvgIpc) is 3.29. The minimum Gasteiger partial charge on any atom is -0.461 e. The number of amides is 1. The number of nitrogens with one attached hydrogen (secondary N) is 3. The molecule has 0 unspecified atom stereocenters. The molecule has 1 aromatic carbocycles. The monoisotopic (exact) mass is 406 g/mol. The van der Waals surface area contributed by atoms with Crippen molar-refractivity contribution in [1.29, 1.82) is 0 Å². The number of benzene rings is 1. The first kappa shape index (κ1) is 19.8. The Balaban J connectivity index is 1.48. The number of H-pyrrole nitrogens is 1. The van der Waals surface area contributed by atoms with Gasteiger partial charge in [-0.25, -0.2) is 9.18 Å². The van der Waals surface area contributed by atoms with Crippen molar-refractivity contribution >= 4 is 28.5 Å². The van der Waals surface area contributed by atoms with Crippen LogP contribution in [-0.4, -0.2) is 62.1 Å². The Morgan fingerprint density at radius 2 is 2.00 bits per heavy atom. The highest BCUT2D eigenvalue weighted by molar-refractivity contribution is 6.11. The number of anilines is 1. The maximum atomic E-state index is 13.8. The van der Waals surface area contributed by atoms with Crippen LogP contribution in [0, 0.1) is 5.82 Å². The predicted octanol–water partition coefficient (Wildman–Crippen LogP) is 0.844. The van der Waals surface area contributed by atoms with Crippen molar-refractivity contribution in [2.45, 2.75) is 25.6 Å². The van der Waals surface area contributed by atoms with Crippen molar-refractivity contribution < 1.29 is 33.1 Å². The number of likely N-dealkylation sites (tertiary alicyclic amines) is 1. The lowest BCUT2D eigenvalue weighted by atomic mass is 10.0. The molecule has 8 nitrogen and oxygen atoms in total. The molecule has 0 atom stereocenters. The van der Waals surface area contributed by atoms with E-state index >= 15 is 0 Å². The maximum Gasteiger partial charge on any atom is 0.356 e. The lowest BCUT2D eigenvalue weighted by molar-refractivity contribution is -0.900. The fourth-order valence-corrected chi connectivity index (χ4v) is 4.01. The van der Waals surface area contributed by atoms with E-state index in [2.05, 4.69) is 10.3 Å². The zero-order valence-corrected chi connectivity index (χ0v) is 16.3. The summed E-state index contributed by atoms with van der Waals surface area (Å²) in [6.07, 6.45) is 1.48. The molecule has 3 heterocycles. The molecule has 2 aromatic rings. The third kappa shape index (κ3) is 4.12. The van der Waals surface area contributed by atoms with E-state index in [0.29, 0.717) is 24.1 Å². The molecule has 156 valence electrons. The first-order valence-corrected chi connectivity index (χ1v) is 9.89. The van der Waals surface area contributed by atoms with E-state index in [-0.39, 0.29) is 30.4 Å². The minimum absolute atomic E-state index is 0.112. The van der Waals surface area contributed by atoms with Gasteiger partial charge >= 0.3 is 5.97 Å². The number of carbonyl (C=O) groups excluding carboxylic acids is 2. The van der Waals surface area contributed by atoms with Gasteiger partial charge in [-0.2, -0.15) is 0 Å². The van der Waals surface area contributed by atoms with Crippen molar-refractivity contribution in [2.75, 3.05) is 44.8 Å². The molecule has 1 spiro atoms. The molecule has 0 radical (unpaired) electrons. The fraction of sp³-hybridized carbons (Fsp3) is 0.500. The van der Waals surface area contributed by atoms with E-state index in [9.17, 15) is 14.0 Å². The van der Waals surface area contributed by atoms with E-state index in [1.165, 1.54) is 18.2 Å². The van der Waals surface area contributed by atoms with Gasteiger partial charge in [0.2, 0.25) is 0 Å². The first-order chi connectivity index (χ1) is 14.0. The van der Waals surface area contributed by atoms with Gasteiger partial charge in [0.05, 0.1) is 51.4 Å². The second-order valence-electron chi connectivity index (χ2n) is 7.37. The lowest BCUT2D eigenvalue weighted by Gasteiger charge is -2.34. The highest BCUT2D eigenvalue weighted by atomic mass is 19.1. The first-order valence-electron chi connectivity index (χ1n) is 9.89. The van der Waals surface area contributed by atoms with E-state index in [1.54, 1.807) is 6.92 Å². The Bertz CT molecular complexity index is 912. The van der Waals surface area contributed by atoms with Gasteiger partial charge in [0, 0.05) is 10.9 Å². The van der Waals surface area contributed by atoms with Crippen LogP contribution < -0.4 is 10.2 Å². The van der Waals surface area contributed by atoms with Crippen molar-refractivity contribution in [2.24, 2.45) is 0 Å². The fourth-order valence-electron chi connectivity index (χ4n) is 4.01. The Hall–Kier alpha value is -2.49. The van der Waals surface area contributed by atoms with E-state index in [4.69, 9.17) is 14.2 Å². The summed E-state index contributed by atoms with van der Waals surface area (Å²) < 4.78 is 30.3. The molecule has 0 aliphatic carbocycles. The number of hydrogen-bond donors (Lipinski definition) is 3. The number of hydrogen-bond acceptors (Lipinski definition) is 5. The highest BCUT2D eigenvalue weighted by Gasteiger charge is 2.42. The largest absolute Gasteiger partial charge is 0.461 e. The van der Waals surface area contributed by atoms with Gasteiger partial charge in [-0.05, 0) is 25.1 Å². The molecule has 1 aromatic heterocycles. The Morgan fingerprint density at radius 1 is 1.28 bits per heavy atom. The third-order valence-electron chi connectivity index (χ3n) is 5.45. The number of aromatic nitrogens is 1. The maximum absolute atomic E-state index is 13.8. The summed E-state index contributed by atoms with van der Waals surface area (Å²) in [6, 6.07) is 4.11. The molecule has 2 aliphatic rings. The summed E-state index contributed by atoms with van der Waals surface area (Å²) in [5.74, 6) is -1.78. The molecule has 3 N–H and O–H groups in total. The van der Waals surface area contributed by atoms with Crippen LogP contribution in [-0.2, 0) is 19.0 Å². The van der Waals surface area contributed by atoms with Crippen LogP contribution in [0.15, 0.2) is 18.2 Å². The topological polar surface area (TPSA) is 94.1 Å². The van der Waals surface area contributed by atoms with Crippen LogP contribution in [0.4, 0.5) is 10.1 Å². The Morgan fingerprint density at radius 3 is 2.69 bits per heavy atom. The van der Waals surface area contributed by atoms with Gasteiger partial charge in [0.1, 0.15) is 11.5 Å². The molecule has 9 heteroatoms. The van der Waals surface area contributed by atoms with Gasteiger partial charge in [0.25, 0.3) is 5.91 Å². The molecule has 0 saturated carbocycles. The lowest BCUT2D eigenvalue weighted by Crippen LogP contribution is -3.14. The zero-order valence-electron chi connectivity index (χ0n) is 16.3. The number of rotatable bonds is 5. The highest BCUT2D eigenvalue weighted by Crippen LogP contribution is 2.29. The molecule has 4 rings (SSSR count). The number of piperidine rings is 1. The second kappa shape index (κ2) is 8.10. The van der Waals surface area contributed by atoms with Crippen LogP contribution in [0.5, 0.6) is 0 Å². The SMILES string of the molecule is CCOC(=O)c1[nH]c2ccc(F)cc2c1NC(=O)C[NH+]1CCC2(CC1)OCCO2. The number of quaternary nitrogens is 1. The predicted molar refractivity (Wildman–Crippen MR) is 102 cm³/mol. The molecule has 29 heavy (non-hydrogen) atoms. The Kier molecular flexibility index (Phi) is 5.53. The van der Waals surface area contributed by atoms with E-state index in [1.807, 2.05) is 0 Å². The number of carbonyl (C=O) groups is 2. The van der Waals surface area contributed by atoms with Crippen molar-refractivity contribution in [3.63, 3.8) is 0 Å². The van der Waals surface area contributed by atoms with Gasteiger partial charge in [0.15, 0.2) is 12.3 Å². The van der Waals surface area contributed by atoms with E-state index in [0.717, 1.165) is 30.8 Å².